The molecule has 0 saturated heterocycles. The van der Waals surface area contributed by atoms with Gasteiger partial charge in [0.15, 0.2) is 5.78 Å². The van der Waals surface area contributed by atoms with Crippen molar-refractivity contribution in [3.63, 3.8) is 0 Å². The van der Waals surface area contributed by atoms with Crippen LogP contribution in [0.3, 0.4) is 0 Å². The number of ketones is 2. The number of hydrogen-bond acceptors (Lipinski definition) is 7. The molecular weight excluding hydrogens is 364 g/mol. The Morgan fingerprint density at radius 3 is 2.21 bits per heavy atom. The lowest BCUT2D eigenvalue weighted by atomic mass is 10.1. The van der Waals surface area contributed by atoms with Crippen molar-refractivity contribution in [2.75, 3.05) is 7.11 Å². The smallest absolute Gasteiger partial charge is 0.337 e. The van der Waals surface area contributed by atoms with Gasteiger partial charge in [-0.15, -0.1) is 0 Å². The molecule has 3 rings (SSSR count). The zero-order valence-corrected chi connectivity index (χ0v) is 15.4. The standard InChI is InChI=1S/C21H16O7/c1-11(22)18(23)14-6-9-16-17(10-14)27-12(2)20(19(16)24)28-15-7-4-13(5-8-15)21(25)26-3/h4-10H,1-3H3. The van der Waals surface area contributed by atoms with E-state index in [2.05, 4.69) is 4.74 Å². The summed E-state index contributed by atoms with van der Waals surface area (Å²) < 4.78 is 15.9. The summed E-state index contributed by atoms with van der Waals surface area (Å²) in [5, 5.41) is 0.215. The van der Waals surface area contributed by atoms with Gasteiger partial charge in [0.05, 0.1) is 18.1 Å². The van der Waals surface area contributed by atoms with Crippen LogP contribution in [-0.2, 0) is 9.53 Å². The molecule has 3 aromatic rings. The summed E-state index contributed by atoms with van der Waals surface area (Å²) in [4.78, 5) is 47.4. The third-order valence-electron chi connectivity index (χ3n) is 4.09. The van der Waals surface area contributed by atoms with Crippen molar-refractivity contribution in [2.24, 2.45) is 0 Å². The first-order valence-corrected chi connectivity index (χ1v) is 8.30. The summed E-state index contributed by atoms with van der Waals surface area (Å²) >= 11 is 0. The van der Waals surface area contributed by atoms with Crippen molar-refractivity contribution >= 4 is 28.5 Å². The quantitative estimate of drug-likeness (QED) is 0.380. The van der Waals surface area contributed by atoms with Crippen molar-refractivity contribution in [2.45, 2.75) is 13.8 Å². The summed E-state index contributed by atoms with van der Waals surface area (Å²) in [6.45, 7) is 2.73. The monoisotopic (exact) mass is 380 g/mol. The summed E-state index contributed by atoms with van der Waals surface area (Å²) in [7, 11) is 1.28. The average molecular weight is 380 g/mol. The fourth-order valence-corrected chi connectivity index (χ4v) is 2.65. The first kappa shape index (κ1) is 19.0. The Morgan fingerprint density at radius 1 is 0.964 bits per heavy atom. The SMILES string of the molecule is COC(=O)c1ccc(Oc2c(C)oc3cc(C(=O)C(C)=O)ccc3c2=O)cc1. The number of Topliss-reactive ketones (excluding diaryl/α,β-unsaturated/α-hetero) is 2. The molecule has 0 N–H and O–H groups in total. The predicted octanol–water partition coefficient (Wildman–Crippen LogP) is 3.45. The molecule has 1 aromatic heterocycles. The number of carbonyl (C=O) groups is 3. The van der Waals surface area contributed by atoms with Crippen molar-refractivity contribution in [1.29, 1.82) is 0 Å². The van der Waals surface area contributed by atoms with E-state index in [-0.39, 0.29) is 28.0 Å². The lowest BCUT2D eigenvalue weighted by molar-refractivity contribution is -0.113. The van der Waals surface area contributed by atoms with Crippen molar-refractivity contribution < 1.29 is 28.3 Å². The maximum absolute atomic E-state index is 12.8. The van der Waals surface area contributed by atoms with Crippen LogP contribution >= 0.6 is 0 Å². The van der Waals surface area contributed by atoms with E-state index in [0.717, 1.165) is 0 Å². The van der Waals surface area contributed by atoms with Gasteiger partial charge in [0.2, 0.25) is 17.0 Å². The van der Waals surface area contributed by atoms with E-state index in [9.17, 15) is 19.2 Å². The predicted molar refractivity (Wildman–Crippen MR) is 100 cm³/mol. The molecule has 0 atom stereocenters. The highest BCUT2D eigenvalue weighted by molar-refractivity contribution is 6.43. The number of hydrogen-bond donors (Lipinski definition) is 0. The largest absolute Gasteiger partial charge is 0.465 e. The maximum Gasteiger partial charge on any atom is 0.337 e. The minimum Gasteiger partial charge on any atom is -0.465 e. The second-order valence-corrected chi connectivity index (χ2v) is 6.03. The first-order chi connectivity index (χ1) is 13.3. The lowest BCUT2D eigenvalue weighted by Crippen LogP contribution is -2.11. The van der Waals surface area contributed by atoms with Crippen LogP contribution in [-0.4, -0.2) is 24.6 Å². The average Bonchev–Trinajstić information content (AvgIpc) is 2.69. The molecule has 0 aliphatic rings. The van der Waals surface area contributed by atoms with E-state index in [1.807, 2.05) is 0 Å². The number of esters is 1. The van der Waals surface area contributed by atoms with Gasteiger partial charge < -0.3 is 13.9 Å². The van der Waals surface area contributed by atoms with Crippen LogP contribution in [0, 0.1) is 6.92 Å². The molecule has 0 amide bonds. The highest BCUT2D eigenvalue weighted by Crippen LogP contribution is 2.26. The van der Waals surface area contributed by atoms with Gasteiger partial charge in [-0.1, -0.05) is 0 Å². The van der Waals surface area contributed by atoms with Crippen LogP contribution < -0.4 is 10.2 Å². The molecule has 0 aliphatic heterocycles. The van der Waals surface area contributed by atoms with Gasteiger partial charge in [0, 0.05) is 12.5 Å². The van der Waals surface area contributed by atoms with E-state index >= 15 is 0 Å². The number of rotatable bonds is 5. The number of carbonyl (C=O) groups excluding carboxylic acids is 3. The van der Waals surface area contributed by atoms with Crippen molar-refractivity contribution in [1.82, 2.24) is 0 Å². The summed E-state index contributed by atoms with van der Waals surface area (Å²) in [6, 6.07) is 10.3. The Morgan fingerprint density at radius 2 is 1.61 bits per heavy atom. The Labute approximate surface area is 159 Å². The highest BCUT2D eigenvalue weighted by Gasteiger charge is 2.17. The van der Waals surface area contributed by atoms with E-state index in [1.54, 1.807) is 6.92 Å². The van der Waals surface area contributed by atoms with E-state index in [1.165, 1.54) is 56.5 Å². The molecule has 0 fully saturated rings. The van der Waals surface area contributed by atoms with Crippen molar-refractivity contribution in [3.05, 3.63) is 69.6 Å². The molecule has 2 aromatic carbocycles. The summed E-state index contributed by atoms with van der Waals surface area (Å²) in [6.07, 6.45) is 0. The van der Waals surface area contributed by atoms with Crippen LogP contribution in [0.25, 0.3) is 11.0 Å². The van der Waals surface area contributed by atoms with Crippen LogP contribution in [0.5, 0.6) is 11.5 Å². The van der Waals surface area contributed by atoms with Gasteiger partial charge in [-0.05, 0) is 49.4 Å². The Kier molecular flexibility index (Phi) is 5.08. The fraction of sp³-hybridized carbons (Fsp3) is 0.143. The van der Waals surface area contributed by atoms with Crippen molar-refractivity contribution in [3.8, 4) is 11.5 Å². The zero-order chi connectivity index (χ0) is 20.4. The lowest BCUT2D eigenvalue weighted by Gasteiger charge is -2.09. The minimum atomic E-state index is -0.659. The molecule has 0 aliphatic carbocycles. The summed E-state index contributed by atoms with van der Waals surface area (Å²) in [5.41, 5.74) is 0.259. The molecule has 7 heteroatoms. The number of ether oxygens (including phenoxy) is 2. The second-order valence-electron chi connectivity index (χ2n) is 6.03. The van der Waals surface area contributed by atoms with Gasteiger partial charge in [-0.2, -0.15) is 0 Å². The Balaban J connectivity index is 1.99. The van der Waals surface area contributed by atoms with Crippen LogP contribution in [0.2, 0.25) is 0 Å². The maximum atomic E-state index is 12.8. The van der Waals surface area contributed by atoms with E-state index < -0.39 is 23.0 Å². The van der Waals surface area contributed by atoms with Crippen LogP contribution in [0.4, 0.5) is 0 Å². The normalized spacial score (nSPS) is 10.5. The third-order valence-corrected chi connectivity index (χ3v) is 4.09. The summed E-state index contributed by atoms with van der Waals surface area (Å²) in [5.74, 6) is -1.21. The topological polar surface area (TPSA) is 99.9 Å². The second kappa shape index (κ2) is 7.48. The van der Waals surface area contributed by atoms with Gasteiger partial charge in [-0.25, -0.2) is 4.79 Å². The molecule has 0 radical (unpaired) electrons. The molecule has 7 nitrogen and oxygen atoms in total. The molecule has 0 saturated carbocycles. The van der Waals surface area contributed by atoms with Gasteiger partial charge in [0.25, 0.3) is 0 Å². The molecule has 0 spiro atoms. The molecule has 0 bridgehead atoms. The highest BCUT2D eigenvalue weighted by atomic mass is 16.5. The van der Waals surface area contributed by atoms with E-state index in [4.69, 9.17) is 9.15 Å². The molecular formula is C21H16O7. The first-order valence-electron chi connectivity index (χ1n) is 8.30. The fourth-order valence-electron chi connectivity index (χ4n) is 2.65. The molecule has 1 heterocycles. The Bertz CT molecular complexity index is 1150. The third kappa shape index (κ3) is 3.55. The zero-order valence-electron chi connectivity index (χ0n) is 15.4. The minimum absolute atomic E-state index is 0.0102. The van der Waals surface area contributed by atoms with Crippen LogP contribution in [0.1, 0.15) is 33.4 Å². The van der Waals surface area contributed by atoms with Gasteiger partial charge >= 0.3 is 5.97 Å². The number of benzene rings is 2. The number of methoxy groups -OCH3 is 1. The number of fused-ring (bicyclic) bond motifs is 1. The molecule has 0 unspecified atom stereocenters. The molecule has 142 valence electrons. The molecule has 28 heavy (non-hydrogen) atoms. The Hall–Kier alpha value is -3.74. The van der Waals surface area contributed by atoms with Crippen LogP contribution in [0.15, 0.2) is 51.7 Å². The van der Waals surface area contributed by atoms with Gasteiger partial charge in [-0.3, -0.25) is 14.4 Å². The van der Waals surface area contributed by atoms with Gasteiger partial charge in [0.1, 0.15) is 17.1 Å². The van der Waals surface area contributed by atoms with E-state index in [0.29, 0.717) is 11.3 Å². The number of aryl methyl sites for hydroxylation is 1.